The third-order valence-electron chi connectivity index (χ3n) is 1.51. The fourth-order valence-corrected chi connectivity index (χ4v) is 1.02. The minimum atomic E-state index is -0.139. The minimum Gasteiger partial charge on any atom is -0.497 e. The third-order valence-corrected chi connectivity index (χ3v) is 1.83. The van der Waals surface area contributed by atoms with Crippen molar-refractivity contribution in [2.45, 2.75) is 0 Å². The Hall–Kier alpha value is -1.46. The average molecular weight is 216 g/mol. The fraction of sp³-hybridized carbons (Fsp3) is 0.125. The second-order valence-electron chi connectivity index (χ2n) is 2.43. The molecule has 0 aliphatic rings. The van der Waals surface area contributed by atoms with Crippen LogP contribution in [-0.2, 0) is 0 Å². The van der Waals surface area contributed by atoms with Crippen LogP contribution in [0.3, 0.4) is 0 Å². The van der Waals surface area contributed by atoms with Crippen LogP contribution in [0.2, 0.25) is 5.02 Å². The minimum absolute atomic E-state index is 0.139. The number of methoxy groups -OCH3 is 1. The summed E-state index contributed by atoms with van der Waals surface area (Å²) >= 11 is 5.83. The van der Waals surface area contributed by atoms with E-state index in [1.807, 2.05) is 0 Å². The molecule has 0 saturated carbocycles. The summed E-state index contributed by atoms with van der Waals surface area (Å²) in [4.78, 5) is 3.81. The van der Waals surface area contributed by atoms with Gasteiger partial charge in [-0.25, -0.2) is 10.5 Å². The summed E-state index contributed by atoms with van der Waals surface area (Å²) in [5.41, 5.74) is 7.38. The highest BCUT2D eigenvalue weighted by molar-refractivity contribution is 6.33. The van der Waals surface area contributed by atoms with E-state index < -0.39 is 0 Å². The van der Waals surface area contributed by atoms with Crippen LogP contribution < -0.4 is 16.0 Å². The Bertz CT molecular complexity index is 354. The molecule has 0 amide bonds. The first-order valence-corrected chi connectivity index (χ1v) is 4.13. The van der Waals surface area contributed by atoms with E-state index in [0.717, 1.165) is 0 Å². The van der Waals surface area contributed by atoms with Gasteiger partial charge in [-0.2, -0.15) is 0 Å². The summed E-state index contributed by atoms with van der Waals surface area (Å²) < 4.78 is 4.97. The van der Waals surface area contributed by atoms with E-state index in [-0.39, 0.29) is 5.96 Å². The van der Waals surface area contributed by atoms with Crippen LogP contribution in [0.5, 0.6) is 5.75 Å². The standard InChI is InChI=1S/C8H10ClN3O2/c1-14-5-2-3-6(9)7(4-5)11-8(10)12-13/h2-4,13H,1H3,(H3,10,11,12). The summed E-state index contributed by atoms with van der Waals surface area (Å²) in [6.45, 7) is 0. The Morgan fingerprint density at radius 1 is 1.64 bits per heavy atom. The van der Waals surface area contributed by atoms with Gasteiger partial charge >= 0.3 is 0 Å². The zero-order valence-electron chi connectivity index (χ0n) is 7.49. The van der Waals surface area contributed by atoms with Crippen molar-refractivity contribution in [3.63, 3.8) is 0 Å². The molecule has 1 aromatic rings. The molecule has 0 saturated heterocycles. The highest BCUT2D eigenvalue weighted by Crippen LogP contribution is 2.28. The number of nitrogens with zero attached hydrogens (tertiary/aromatic N) is 1. The molecule has 14 heavy (non-hydrogen) atoms. The van der Waals surface area contributed by atoms with Crippen LogP contribution in [0.1, 0.15) is 0 Å². The van der Waals surface area contributed by atoms with Crippen molar-refractivity contribution in [2.75, 3.05) is 7.11 Å². The van der Waals surface area contributed by atoms with Crippen LogP contribution in [-0.4, -0.2) is 18.3 Å². The normalized spacial score (nSPS) is 11.2. The first-order valence-electron chi connectivity index (χ1n) is 3.75. The Balaban J connectivity index is 3.06. The molecule has 0 unspecified atom stereocenters. The van der Waals surface area contributed by atoms with E-state index in [9.17, 15) is 0 Å². The molecule has 5 nitrogen and oxygen atoms in total. The quantitative estimate of drug-likeness (QED) is 0.394. The number of aliphatic imine (C=N–C) groups is 1. The molecule has 0 bridgehead atoms. The van der Waals surface area contributed by atoms with E-state index in [1.165, 1.54) is 7.11 Å². The summed E-state index contributed by atoms with van der Waals surface area (Å²) in [5, 5.41) is 8.85. The third kappa shape index (κ3) is 2.51. The Morgan fingerprint density at radius 3 is 2.93 bits per heavy atom. The van der Waals surface area contributed by atoms with Gasteiger partial charge in [-0.1, -0.05) is 11.6 Å². The van der Waals surface area contributed by atoms with Gasteiger partial charge in [0.2, 0.25) is 5.96 Å². The van der Waals surface area contributed by atoms with Crippen LogP contribution in [0.15, 0.2) is 23.2 Å². The fourth-order valence-electron chi connectivity index (χ4n) is 0.860. The molecule has 0 radical (unpaired) electrons. The molecule has 0 aliphatic heterocycles. The summed E-state index contributed by atoms with van der Waals surface area (Å²) in [5.74, 6) is 0.471. The van der Waals surface area contributed by atoms with Gasteiger partial charge in [-0.3, -0.25) is 5.21 Å². The maximum Gasteiger partial charge on any atom is 0.218 e. The van der Waals surface area contributed by atoms with E-state index >= 15 is 0 Å². The lowest BCUT2D eigenvalue weighted by atomic mass is 10.3. The number of rotatable bonds is 2. The Morgan fingerprint density at radius 2 is 2.36 bits per heavy atom. The number of benzene rings is 1. The van der Waals surface area contributed by atoms with Crippen molar-refractivity contribution in [1.82, 2.24) is 5.48 Å². The Kier molecular flexibility index (Phi) is 3.55. The molecule has 0 fully saturated rings. The number of hydrogen-bond donors (Lipinski definition) is 3. The molecule has 76 valence electrons. The first-order chi connectivity index (χ1) is 6.67. The zero-order valence-corrected chi connectivity index (χ0v) is 8.25. The van der Waals surface area contributed by atoms with Crippen LogP contribution in [0, 0.1) is 0 Å². The van der Waals surface area contributed by atoms with Crippen LogP contribution in [0.4, 0.5) is 5.69 Å². The van der Waals surface area contributed by atoms with E-state index in [1.54, 1.807) is 23.7 Å². The predicted octanol–water partition coefficient (Wildman–Crippen LogP) is 1.27. The predicted molar refractivity (Wildman–Crippen MR) is 54.2 cm³/mol. The second-order valence-corrected chi connectivity index (χ2v) is 2.83. The number of nitrogens with two attached hydrogens (primary N) is 1. The number of halogens is 1. The van der Waals surface area contributed by atoms with Crippen molar-refractivity contribution < 1.29 is 9.94 Å². The lowest BCUT2D eigenvalue weighted by molar-refractivity contribution is 0.233. The number of guanidine groups is 1. The smallest absolute Gasteiger partial charge is 0.218 e. The van der Waals surface area contributed by atoms with Gasteiger partial charge in [0.25, 0.3) is 0 Å². The van der Waals surface area contributed by atoms with Crippen molar-refractivity contribution in [3.8, 4) is 5.75 Å². The zero-order chi connectivity index (χ0) is 10.6. The molecule has 0 heterocycles. The van der Waals surface area contributed by atoms with E-state index in [0.29, 0.717) is 16.5 Å². The van der Waals surface area contributed by atoms with Crippen molar-refractivity contribution >= 4 is 23.2 Å². The van der Waals surface area contributed by atoms with Gasteiger partial charge in [0.1, 0.15) is 5.75 Å². The summed E-state index contributed by atoms with van der Waals surface area (Å²) in [6.07, 6.45) is 0. The van der Waals surface area contributed by atoms with Crippen LogP contribution >= 0.6 is 11.6 Å². The van der Waals surface area contributed by atoms with Crippen molar-refractivity contribution in [2.24, 2.45) is 10.7 Å². The van der Waals surface area contributed by atoms with Crippen molar-refractivity contribution in [3.05, 3.63) is 23.2 Å². The molecule has 4 N–H and O–H groups in total. The van der Waals surface area contributed by atoms with Gasteiger partial charge < -0.3 is 10.5 Å². The molecular weight excluding hydrogens is 206 g/mol. The number of nitrogens with one attached hydrogen (secondary N) is 1. The van der Waals surface area contributed by atoms with Gasteiger partial charge in [-0.05, 0) is 12.1 Å². The monoisotopic (exact) mass is 215 g/mol. The number of hydroxylamine groups is 1. The number of ether oxygens (including phenoxy) is 1. The van der Waals surface area contributed by atoms with Crippen molar-refractivity contribution in [1.29, 1.82) is 0 Å². The molecule has 0 aromatic heterocycles. The lowest BCUT2D eigenvalue weighted by Gasteiger charge is -2.03. The van der Waals surface area contributed by atoms with Crippen LogP contribution in [0.25, 0.3) is 0 Å². The molecular formula is C8H10ClN3O2. The molecule has 0 spiro atoms. The SMILES string of the molecule is COc1ccc(Cl)c(N=C(N)NO)c1. The molecule has 6 heteroatoms. The largest absolute Gasteiger partial charge is 0.497 e. The maximum absolute atomic E-state index is 8.43. The summed E-state index contributed by atoms with van der Waals surface area (Å²) in [7, 11) is 1.53. The number of hydrogen-bond acceptors (Lipinski definition) is 3. The van der Waals surface area contributed by atoms with Gasteiger partial charge in [0.05, 0.1) is 17.8 Å². The molecule has 0 atom stereocenters. The summed E-state index contributed by atoms with van der Waals surface area (Å²) in [6, 6.07) is 4.93. The van der Waals surface area contributed by atoms with Gasteiger partial charge in [0.15, 0.2) is 0 Å². The molecule has 1 rings (SSSR count). The highest BCUT2D eigenvalue weighted by Gasteiger charge is 2.01. The Labute approximate surface area is 86.1 Å². The van der Waals surface area contributed by atoms with Gasteiger partial charge in [-0.15, -0.1) is 0 Å². The topological polar surface area (TPSA) is 79.9 Å². The van der Waals surface area contributed by atoms with E-state index in [4.69, 9.17) is 27.3 Å². The molecule has 1 aromatic carbocycles. The maximum atomic E-state index is 8.43. The molecule has 0 aliphatic carbocycles. The highest BCUT2D eigenvalue weighted by atomic mass is 35.5. The first kappa shape index (κ1) is 10.6. The lowest BCUT2D eigenvalue weighted by Crippen LogP contribution is -2.27. The average Bonchev–Trinajstić information content (AvgIpc) is 2.21. The van der Waals surface area contributed by atoms with E-state index in [2.05, 4.69) is 4.99 Å². The van der Waals surface area contributed by atoms with Gasteiger partial charge in [0, 0.05) is 6.07 Å². The second kappa shape index (κ2) is 4.69.